The molecule has 7 nitrogen and oxygen atoms in total. The van der Waals surface area contributed by atoms with Gasteiger partial charge in [0, 0.05) is 22.9 Å². The van der Waals surface area contributed by atoms with Crippen LogP contribution in [0.5, 0.6) is 0 Å². The predicted molar refractivity (Wildman–Crippen MR) is 147 cm³/mol. The van der Waals surface area contributed by atoms with Crippen molar-refractivity contribution >= 4 is 33.9 Å². The van der Waals surface area contributed by atoms with Crippen LogP contribution in [0.2, 0.25) is 0 Å². The summed E-state index contributed by atoms with van der Waals surface area (Å²) in [5.41, 5.74) is 2.43. The van der Waals surface area contributed by atoms with Gasteiger partial charge >= 0.3 is 31.1 Å². The second-order valence-electron chi connectivity index (χ2n) is 9.41. The average molecular weight is 754 g/mol. The zero-order valence-electron chi connectivity index (χ0n) is 21.9. The van der Waals surface area contributed by atoms with Crippen LogP contribution in [0.25, 0.3) is 22.0 Å². The van der Waals surface area contributed by atoms with Crippen LogP contribution < -0.4 is 10.6 Å². The topological polar surface area (TPSA) is 98.1 Å². The third-order valence-electron chi connectivity index (χ3n) is 7.26. The van der Waals surface area contributed by atoms with Gasteiger partial charge in [0.15, 0.2) is 0 Å². The summed E-state index contributed by atoms with van der Waals surface area (Å²) >= 11 is 1.54. The molecule has 38 heavy (non-hydrogen) atoms. The first-order chi connectivity index (χ1) is 17.9. The number of amides is 2. The minimum Gasteiger partial charge on any atom is -0.343 e. The molecule has 0 spiro atoms. The Bertz CT molecular complexity index is 1320. The van der Waals surface area contributed by atoms with Gasteiger partial charge in [-0.3, -0.25) is 9.59 Å². The maximum absolute atomic E-state index is 13.8. The minimum atomic E-state index is -0.680. The largest absolute Gasteiger partial charge is 2.00 e. The third-order valence-corrected chi connectivity index (χ3v) is 8.21. The molecular formula is C29H33N5O2SU. The molecule has 9 heteroatoms. The van der Waals surface area contributed by atoms with E-state index < -0.39 is 12.1 Å². The van der Waals surface area contributed by atoms with E-state index in [-0.39, 0.29) is 54.9 Å². The summed E-state index contributed by atoms with van der Waals surface area (Å²) in [5.74, 6) is -0.469. The van der Waals surface area contributed by atoms with Crippen LogP contribution >= 0.6 is 11.3 Å². The number of rotatable bonds is 9. The molecule has 0 radical (unpaired) electrons. The monoisotopic (exact) mass is 753 g/mol. The first-order valence-corrected chi connectivity index (χ1v) is 13.6. The van der Waals surface area contributed by atoms with Gasteiger partial charge in [0.05, 0.1) is 29.4 Å². The van der Waals surface area contributed by atoms with E-state index in [0.29, 0.717) is 24.9 Å². The molecule has 0 saturated carbocycles. The van der Waals surface area contributed by atoms with E-state index in [0.717, 1.165) is 39.9 Å². The smallest absolute Gasteiger partial charge is 0.343 e. The van der Waals surface area contributed by atoms with Crippen LogP contribution in [0, 0.1) is 62.2 Å². The van der Waals surface area contributed by atoms with Crippen LogP contribution in [0.4, 0.5) is 0 Å². The van der Waals surface area contributed by atoms with E-state index in [1.54, 1.807) is 25.3 Å². The van der Waals surface area contributed by atoms with Crippen molar-refractivity contribution in [2.45, 2.75) is 50.7 Å². The Morgan fingerprint density at radius 2 is 1.92 bits per heavy atom. The molecule has 2 aromatic carbocycles. The van der Waals surface area contributed by atoms with E-state index in [1.807, 2.05) is 46.7 Å². The van der Waals surface area contributed by atoms with Crippen molar-refractivity contribution in [3.05, 3.63) is 66.2 Å². The molecule has 2 N–H and O–H groups in total. The summed E-state index contributed by atoms with van der Waals surface area (Å²) in [7, 11) is 1.72. The Balaban J connectivity index is 0.00000400. The van der Waals surface area contributed by atoms with Gasteiger partial charge < -0.3 is 29.4 Å². The predicted octanol–water partition coefficient (Wildman–Crippen LogP) is 4.66. The molecule has 2 amide bonds. The van der Waals surface area contributed by atoms with Gasteiger partial charge in [-0.15, -0.1) is 11.3 Å². The molecule has 0 bridgehead atoms. The zero-order chi connectivity index (χ0) is 26.5. The van der Waals surface area contributed by atoms with Crippen LogP contribution in [-0.2, 0) is 9.59 Å². The van der Waals surface area contributed by atoms with Gasteiger partial charge in [0.1, 0.15) is 11.0 Å². The summed E-state index contributed by atoms with van der Waals surface area (Å²) in [5, 5.41) is 20.2. The first-order valence-electron chi connectivity index (χ1n) is 12.7. The second kappa shape index (κ2) is 13.7. The van der Waals surface area contributed by atoms with Crippen molar-refractivity contribution in [3.63, 3.8) is 0 Å². The van der Waals surface area contributed by atoms with Crippen LogP contribution in [0.15, 0.2) is 41.8 Å². The van der Waals surface area contributed by atoms with Gasteiger partial charge in [0.2, 0.25) is 11.8 Å². The number of aromatic nitrogens is 1. The maximum Gasteiger partial charge on any atom is 2.00 e. The van der Waals surface area contributed by atoms with Gasteiger partial charge in [-0.1, -0.05) is 36.2 Å². The molecule has 0 aliphatic carbocycles. The molecule has 3 aromatic rings. The molecule has 1 saturated heterocycles. The number of hydrogen-bond acceptors (Lipinski definition) is 6. The summed E-state index contributed by atoms with van der Waals surface area (Å²) < 4.78 is 0. The van der Waals surface area contributed by atoms with Crippen LogP contribution in [-0.4, -0.2) is 47.4 Å². The van der Waals surface area contributed by atoms with Crippen molar-refractivity contribution in [1.29, 1.82) is 5.26 Å². The Morgan fingerprint density at radius 3 is 2.61 bits per heavy atom. The second-order valence-corrected chi connectivity index (χ2v) is 10.3. The number of nitrogens with one attached hydrogen (secondary N) is 2. The Hall–Kier alpha value is -2.23. The normalized spacial score (nSPS) is 16.6. The molecule has 1 aromatic heterocycles. The van der Waals surface area contributed by atoms with Gasteiger partial charge in [-0.05, 0) is 38.3 Å². The summed E-state index contributed by atoms with van der Waals surface area (Å²) in [6, 6.07) is 12.7. The Morgan fingerprint density at radius 1 is 1.21 bits per heavy atom. The van der Waals surface area contributed by atoms with Crippen molar-refractivity contribution < 1.29 is 40.7 Å². The number of likely N-dealkylation sites (N-methyl/N-ethyl adjacent to an activating group) is 1. The first kappa shape index (κ1) is 30.3. The summed E-state index contributed by atoms with van der Waals surface area (Å²) in [6.07, 6.45) is 2.69. The number of nitrogens with zero attached hydrogens (tertiary/aromatic N) is 3. The molecule has 1 fully saturated rings. The standard InChI is InChI=1S/C29H33N5O2S.U/c1-5-19(6-2)26(33-27(35)18(3)31-4)29(36)34-15-9-14-25(34)28-32-24(17-37-28)23-13-8-11-21-20(16-30)10-7-12-22(21)23;/h7-8,10-13,17-19,25-26,31H,1-2,5-6,9,14-15H2,3-4H3,(H,33,35);/q-2;+2/t18-,25-,26-;/m0./s1. The van der Waals surface area contributed by atoms with Crippen molar-refractivity contribution in [3.8, 4) is 17.3 Å². The van der Waals surface area contributed by atoms with E-state index in [4.69, 9.17) is 4.98 Å². The Kier molecular flexibility index (Phi) is 10.9. The quantitative estimate of drug-likeness (QED) is 0.311. The fourth-order valence-corrected chi connectivity index (χ4v) is 5.89. The fourth-order valence-electron chi connectivity index (χ4n) is 4.93. The zero-order valence-corrected chi connectivity index (χ0v) is 26.8. The van der Waals surface area contributed by atoms with Crippen molar-refractivity contribution in [2.75, 3.05) is 13.6 Å². The molecule has 196 valence electrons. The van der Waals surface area contributed by atoms with Gasteiger partial charge in [0.25, 0.3) is 0 Å². The SMILES string of the molecule is [CH2-]CC(C[CH2-])[C@H](NC(=O)[C@H](C)NC)C(=O)N1CCC[C@H]1c1nc(-c2cccc3c(C#N)cccc23)cs1.[U+2]. The number of likely N-dealkylation sites (tertiary alicyclic amines) is 1. The molecule has 4 rings (SSSR count). The summed E-state index contributed by atoms with van der Waals surface area (Å²) in [6.45, 7) is 10.4. The minimum absolute atomic E-state index is 0. The van der Waals surface area contributed by atoms with Crippen molar-refractivity contribution in [2.24, 2.45) is 5.92 Å². The molecule has 0 unspecified atom stereocenters. The molecule has 1 aliphatic rings. The number of benzene rings is 2. The molecular weight excluding hydrogens is 720 g/mol. The Labute approximate surface area is 252 Å². The number of hydrogen-bond donors (Lipinski definition) is 2. The third kappa shape index (κ3) is 6.15. The van der Waals surface area contributed by atoms with E-state index in [9.17, 15) is 14.9 Å². The van der Waals surface area contributed by atoms with E-state index in [1.165, 1.54) is 0 Å². The maximum atomic E-state index is 13.8. The number of carbonyl (C=O) groups is 2. The molecule has 2 heterocycles. The van der Waals surface area contributed by atoms with Crippen LogP contribution in [0.3, 0.4) is 0 Å². The van der Waals surface area contributed by atoms with Crippen molar-refractivity contribution in [1.82, 2.24) is 20.5 Å². The fraction of sp³-hybridized carbons (Fsp3) is 0.379. The number of thiazole rings is 1. The van der Waals surface area contributed by atoms with Gasteiger partial charge in [-0.2, -0.15) is 18.1 Å². The molecule has 1 aliphatic heterocycles. The van der Waals surface area contributed by atoms with E-state index in [2.05, 4.69) is 30.6 Å². The average Bonchev–Trinajstić information content (AvgIpc) is 3.61. The molecule has 3 atom stereocenters. The number of nitriles is 1. The number of carbonyl (C=O) groups excluding carboxylic acids is 2. The van der Waals surface area contributed by atoms with E-state index >= 15 is 0 Å². The number of fused-ring (bicyclic) bond motifs is 1. The van der Waals surface area contributed by atoms with Crippen LogP contribution in [0.1, 0.15) is 49.2 Å². The van der Waals surface area contributed by atoms with Gasteiger partial charge in [-0.25, -0.2) is 4.98 Å². The summed E-state index contributed by atoms with van der Waals surface area (Å²) in [4.78, 5) is 33.4.